The zero-order valence-corrected chi connectivity index (χ0v) is 10.3. The van der Waals surface area contributed by atoms with Gasteiger partial charge in [-0.3, -0.25) is 0 Å². The minimum Gasteiger partial charge on any atom is -0.314 e. The van der Waals surface area contributed by atoms with Crippen molar-refractivity contribution in [2.24, 2.45) is 5.92 Å². The van der Waals surface area contributed by atoms with Crippen molar-refractivity contribution in [3.63, 3.8) is 0 Å². The van der Waals surface area contributed by atoms with Crippen LogP contribution in [0.2, 0.25) is 0 Å². The van der Waals surface area contributed by atoms with Crippen molar-refractivity contribution in [1.82, 2.24) is 5.32 Å². The molecule has 0 saturated heterocycles. The number of rotatable bonds is 5. The molecule has 1 rings (SSSR count). The molecule has 1 N–H and O–H groups in total. The largest absolute Gasteiger partial charge is 0.314 e. The van der Waals surface area contributed by atoms with Crippen molar-refractivity contribution in [2.75, 3.05) is 6.54 Å². The van der Waals surface area contributed by atoms with Gasteiger partial charge < -0.3 is 5.32 Å². The summed E-state index contributed by atoms with van der Waals surface area (Å²) in [7, 11) is 0. The fraction of sp³-hybridized carbons (Fsp3) is 0.571. The molecule has 0 spiro atoms. The van der Waals surface area contributed by atoms with Crippen LogP contribution in [-0.2, 0) is 0 Å². The molecule has 2 atom stereocenters. The van der Waals surface area contributed by atoms with E-state index in [0.29, 0.717) is 17.9 Å². The van der Waals surface area contributed by atoms with E-state index >= 15 is 0 Å². The van der Waals surface area contributed by atoms with Crippen molar-refractivity contribution in [3.05, 3.63) is 35.9 Å². The summed E-state index contributed by atoms with van der Waals surface area (Å²) in [4.78, 5) is 0. The monoisotopic (exact) mass is 205 g/mol. The SMILES string of the molecule is CCNC(C)C(c1ccccc1)C(C)C. The predicted molar refractivity (Wildman–Crippen MR) is 67.2 cm³/mol. The molecule has 1 nitrogen and oxygen atoms in total. The van der Waals surface area contributed by atoms with E-state index in [9.17, 15) is 0 Å². The molecule has 0 aromatic heterocycles. The third-order valence-electron chi connectivity index (χ3n) is 2.97. The van der Waals surface area contributed by atoms with Crippen LogP contribution in [0.4, 0.5) is 0 Å². The fourth-order valence-electron chi connectivity index (χ4n) is 2.38. The molecule has 0 heterocycles. The van der Waals surface area contributed by atoms with Crippen LogP contribution < -0.4 is 5.32 Å². The zero-order valence-electron chi connectivity index (χ0n) is 10.3. The summed E-state index contributed by atoms with van der Waals surface area (Å²) in [6.07, 6.45) is 0. The molecule has 0 aliphatic rings. The van der Waals surface area contributed by atoms with Gasteiger partial charge >= 0.3 is 0 Å². The Balaban J connectivity index is 2.83. The minimum absolute atomic E-state index is 0.539. The van der Waals surface area contributed by atoms with Gasteiger partial charge in [-0.25, -0.2) is 0 Å². The van der Waals surface area contributed by atoms with E-state index < -0.39 is 0 Å². The quantitative estimate of drug-likeness (QED) is 0.776. The Hall–Kier alpha value is -0.820. The van der Waals surface area contributed by atoms with Crippen LogP contribution in [0.3, 0.4) is 0 Å². The van der Waals surface area contributed by atoms with Gasteiger partial charge in [0, 0.05) is 12.0 Å². The van der Waals surface area contributed by atoms with Gasteiger partial charge in [0.2, 0.25) is 0 Å². The molecule has 0 aliphatic carbocycles. The standard InChI is InChI=1S/C14H23N/c1-5-15-12(4)14(11(2)3)13-9-7-6-8-10-13/h6-12,14-15H,5H2,1-4H3. The first-order valence-electron chi connectivity index (χ1n) is 5.95. The van der Waals surface area contributed by atoms with E-state index in [1.54, 1.807) is 0 Å². The summed E-state index contributed by atoms with van der Waals surface area (Å²) in [6.45, 7) is 10.1. The van der Waals surface area contributed by atoms with Crippen LogP contribution in [0, 0.1) is 5.92 Å². The van der Waals surface area contributed by atoms with E-state index in [0.717, 1.165) is 6.54 Å². The number of hydrogen-bond acceptors (Lipinski definition) is 1. The molecule has 0 saturated carbocycles. The van der Waals surface area contributed by atoms with Gasteiger partial charge in [0.15, 0.2) is 0 Å². The molecule has 1 aromatic rings. The van der Waals surface area contributed by atoms with Crippen LogP contribution in [0.1, 0.15) is 39.2 Å². The molecule has 15 heavy (non-hydrogen) atoms. The smallest absolute Gasteiger partial charge is 0.0110 e. The van der Waals surface area contributed by atoms with Crippen LogP contribution in [0.5, 0.6) is 0 Å². The predicted octanol–water partition coefficient (Wildman–Crippen LogP) is 3.42. The van der Waals surface area contributed by atoms with Crippen molar-refractivity contribution in [2.45, 2.75) is 39.7 Å². The first kappa shape index (κ1) is 12.3. The second-order valence-electron chi connectivity index (χ2n) is 4.53. The Kier molecular flexibility index (Phi) is 4.83. The van der Waals surface area contributed by atoms with Crippen molar-refractivity contribution >= 4 is 0 Å². The van der Waals surface area contributed by atoms with E-state index in [1.165, 1.54) is 5.56 Å². The summed E-state index contributed by atoms with van der Waals surface area (Å²) < 4.78 is 0. The van der Waals surface area contributed by atoms with E-state index in [2.05, 4.69) is 63.3 Å². The second kappa shape index (κ2) is 5.92. The number of hydrogen-bond donors (Lipinski definition) is 1. The summed E-state index contributed by atoms with van der Waals surface area (Å²) in [5.74, 6) is 1.27. The highest BCUT2D eigenvalue weighted by Gasteiger charge is 2.21. The number of likely N-dealkylation sites (N-methyl/N-ethyl adjacent to an activating group) is 1. The lowest BCUT2D eigenvalue weighted by Crippen LogP contribution is -2.34. The van der Waals surface area contributed by atoms with Gasteiger partial charge in [0.1, 0.15) is 0 Å². The maximum absolute atomic E-state index is 3.53. The van der Waals surface area contributed by atoms with E-state index in [4.69, 9.17) is 0 Å². The second-order valence-corrected chi connectivity index (χ2v) is 4.53. The molecule has 0 aliphatic heterocycles. The topological polar surface area (TPSA) is 12.0 Å². The van der Waals surface area contributed by atoms with Gasteiger partial charge in [-0.1, -0.05) is 51.1 Å². The summed E-state index contributed by atoms with van der Waals surface area (Å²) in [5, 5.41) is 3.53. The molecule has 0 fully saturated rings. The van der Waals surface area contributed by atoms with Crippen LogP contribution in [-0.4, -0.2) is 12.6 Å². The van der Waals surface area contributed by atoms with Gasteiger partial charge in [-0.05, 0) is 24.9 Å². The Morgan fingerprint density at radius 1 is 1.07 bits per heavy atom. The highest BCUT2D eigenvalue weighted by atomic mass is 14.9. The van der Waals surface area contributed by atoms with Crippen LogP contribution in [0.25, 0.3) is 0 Å². The lowest BCUT2D eigenvalue weighted by Gasteiger charge is -2.28. The Bertz CT molecular complexity index is 266. The zero-order chi connectivity index (χ0) is 11.3. The van der Waals surface area contributed by atoms with Gasteiger partial charge in [0.25, 0.3) is 0 Å². The molecule has 0 radical (unpaired) electrons. The molecule has 1 aromatic carbocycles. The van der Waals surface area contributed by atoms with Gasteiger partial charge in [-0.15, -0.1) is 0 Å². The highest BCUT2D eigenvalue weighted by molar-refractivity contribution is 5.21. The van der Waals surface area contributed by atoms with Crippen LogP contribution in [0.15, 0.2) is 30.3 Å². The summed E-state index contributed by atoms with van der Waals surface area (Å²) in [6, 6.07) is 11.3. The van der Waals surface area contributed by atoms with E-state index in [1.807, 2.05) is 0 Å². The minimum atomic E-state index is 0.539. The van der Waals surface area contributed by atoms with Crippen molar-refractivity contribution < 1.29 is 0 Å². The molecule has 2 unspecified atom stereocenters. The molecule has 1 heteroatoms. The van der Waals surface area contributed by atoms with E-state index in [-0.39, 0.29) is 0 Å². The lowest BCUT2D eigenvalue weighted by molar-refractivity contribution is 0.383. The third-order valence-corrected chi connectivity index (χ3v) is 2.97. The first-order valence-corrected chi connectivity index (χ1v) is 5.95. The first-order chi connectivity index (χ1) is 7.16. The maximum atomic E-state index is 3.53. The highest BCUT2D eigenvalue weighted by Crippen LogP contribution is 2.27. The Morgan fingerprint density at radius 2 is 1.67 bits per heavy atom. The van der Waals surface area contributed by atoms with Gasteiger partial charge in [-0.2, -0.15) is 0 Å². The number of nitrogens with one attached hydrogen (secondary N) is 1. The average molecular weight is 205 g/mol. The third kappa shape index (κ3) is 3.35. The molecular weight excluding hydrogens is 182 g/mol. The van der Waals surface area contributed by atoms with Crippen molar-refractivity contribution in [1.29, 1.82) is 0 Å². The Labute approximate surface area is 93.9 Å². The average Bonchev–Trinajstić information content (AvgIpc) is 2.19. The number of benzene rings is 1. The summed E-state index contributed by atoms with van der Waals surface area (Å²) >= 11 is 0. The van der Waals surface area contributed by atoms with Crippen molar-refractivity contribution in [3.8, 4) is 0 Å². The summed E-state index contributed by atoms with van der Waals surface area (Å²) in [5.41, 5.74) is 1.45. The van der Waals surface area contributed by atoms with Crippen LogP contribution >= 0.6 is 0 Å². The Morgan fingerprint density at radius 3 is 2.13 bits per heavy atom. The lowest BCUT2D eigenvalue weighted by atomic mass is 9.83. The molecule has 0 bridgehead atoms. The fourth-order valence-corrected chi connectivity index (χ4v) is 2.38. The maximum Gasteiger partial charge on any atom is 0.0110 e. The molecule has 84 valence electrons. The molecular formula is C14H23N. The normalized spacial score (nSPS) is 15.3. The molecule has 0 amide bonds. The van der Waals surface area contributed by atoms with Gasteiger partial charge in [0.05, 0.1) is 0 Å².